The van der Waals surface area contributed by atoms with Gasteiger partial charge in [0.15, 0.2) is 0 Å². The minimum atomic E-state index is 0.0241. The molecular formula is C19H25N3O2. The number of carbonyl (C=O) groups is 1. The van der Waals surface area contributed by atoms with E-state index in [0.717, 1.165) is 31.6 Å². The summed E-state index contributed by atoms with van der Waals surface area (Å²) in [4.78, 5) is 20.3. The van der Waals surface area contributed by atoms with Crippen molar-refractivity contribution in [2.75, 3.05) is 19.6 Å². The molecular weight excluding hydrogens is 302 g/mol. The van der Waals surface area contributed by atoms with E-state index in [4.69, 9.17) is 0 Å². The maximum Gasteiger partial charge on any atom is 0.270 e. The van der Waals surface area contributed by atoms with Crippen LogP contribution in [0.3, 0.4) is 0 Å². The van der Waals surface area contributed by atoms with Gasteiger partial charge in [-0.15, -0.1) is 0 Å². The number of aromatic hydroxyl groups is 1. The van der Waals surface area contributed by atoms with E-state index in [1.54, 1.807) is 18.3 Å². The Morgan fingerprint density at radius 1 is 1.33 bits per heavy atom. The summed E-state index contributed by atoms with van der Waals surface area (Å²) < 4.78 is 0. The number of hydrogen-bond donors (Lipinski definition) is 2. The number of likely N-dealkylation sites (N-methyl/N-ethyl adjacent to an activating group) is 1. The van der Waals surface area contributed by atoms with E-state index in [-0.39, 0.29) is 11.7 Å². The van der Waals surface area contributed by atoms with Crippen molar-refractivity contribution in [2.45, 2.75) is 32.4 Å². The topological polar surface area (TPSA) is 59.6 Å². The molecule has 1 amide bonds. The van der Waals surface area contributed by atoms with E-state index in [9.17, 15) is 9.90 Å². The fourth-order valence-corrected chi connectivity index (χ4v) is 3.45. The predicted molar refractivity (Wildman–Crippen MR) is 93.9 cm³/mol. The van der Waals surface area contributed by atoms with Gasteiger partial charge in [0.25, 0.3) is 5.91 Å². The quantitative estimate of drug-likeness (QED) is 0.858. The second kappa shape index (κ2) is 7.53. The van der Waals surface area contributed by atoms with Crippen LogP contribution in [0.5, 0.6) is 5.75 Å². The van der Waals surface area contributed by atoms with Crippen LogP contribution in [0.1, 0.15) is 35.8 Å². The summed E-state index contributed by atoms with van der Waals surface area (Å²) >= 11 is 0. The lowest BCUT2D eigenvalue weighted by Crippen LogP contribution is -2.42. The van der Waals surface area contributed by atoms with Crippen molar-refractivity contribution in [3.05, 3.63) is 53.9 Å². The van der Waals surface area contributed by atoms with Crippen LogP contribution in [0.2, 0.25) is 0 Å². The van der Waals surface area contributed by atoms with Crippen molar-refractivity contribution in [2.24, 2.45) is 0 Å². The number of phenols is 1. The van der Waals surface area contributed by atoms with E-state index in [0.29, 0.717) is 18.3 Å². The molecule has 1 aromatic carbocycles. The average Bonchev–Trinajstić information content (AvgIpc) is 3.27. The molecule has 5 nitrogen and oxygen atoms in total. The highest BCUT2D eigenvalue weighted by Gasteiger charge is 2.27. The number of hydrogen-bond acceptors (Lipinski definition) is 3. The van der Waals surface area contributed by atoms with Gasteiger partial charge in [0, 0.05) is 25.3 Å². The predicted octanol–water partition coefficient (Wildman–Crippen LogP) is 2.85. The summed E-state index contributed by atoms with van der Waals surface area (Å²) in [5, 5.41) is 9.45. The van der Waals surface area contributed by atoms with E-state index < -0.39 is 0 Å². The monoisotopic (exact) mass is 327 g/mol. The first-order chi connectivity index (χ1) is 11.7. The van der Waals surface area contributed by atoms with Gasteiger partial charge < -0.3 is 15.0 Å². The Hall–Kier alpha value is -2.27. The molecule has 3 rings (SSSR count). The van der Waals surface area contributed by atoms with Crippen LogP contribution in [0.4, 0.5) is 0 Å². The van der Waals surface area contributed by atoms with E-state index in [2.05, 4.69) is 16.8 Å². The van der Waals surface area contributed by atoms with Crippen molar-refractivity contribution < 1.29 is 9.90 Å². The fraction of sp³-hybridized carbons (Fsp3) is 0.421. The van der Waals surface area contributed by atoms with Gasteiger partial charge in [-0.2, -0.15) is 0 Å². The van der Waals surface area contributed by atoms with Gasteiger partial charge >= 0.3 is 0 Å². The highest BCUT2D eigenvalue weighted by molar-refractivity contribution is 5.92. The van der Waals surface area contributed by atoms with E-state index in [1.165, 1.54) is 6.42 Å². The number of amides is 1. The van der Waals surface area contributed by atoms with Crippen LogP contribution in [-0.2, 0) is 6.54 Å². The van der Waals surface area contributed by atoms with Crippen LogP contribution < -0.4 is 0 Å². The fourth-order valence-electron chi connectivity index (χ4n) is 3.45. The zero-order chi connectivity index (χ0) is 16.9. The number of nitrogens with one attached hydrogen (secondary N) is 1. The number of nitrogens with zero attached hydrogens (tertiary/aromatic N) is 2. The molecule has 0 saturated carbocycles. The molecule has 0 radical (unpaired) electrons. The molecule has 1 saturated heterocycles. The van der Waals surface area contributed by atoms with Gasteiger partial charge in [0.2, 0.25) is 0 Å². The lowest BCUT2D eigenvalue weighted by molar-refractivity contribution is 0.0687. The highest BCUT2D eigenvalue weighted by Crippen LogP contribution is 2.20. The first kappa shape index (κ1) is 16.6. The minimum absolute atomic E-state index is 0.0241. The Morgan fingerprint density at radius 2 is 2.12 bits per heavy atom. The summed E-state index contributed by atoms with van der Waals surface area (Å²) in [5.41, 5.74) is 1.64. The number of likely N-dealkylation sites (tertiary alicyclic amines) is 1. The first-order valence-corrected chi connectivity index (χ1v) is 8.62. The van der Waals surface area contributed by atoms with Crippen LogP contribution in [0.15, 0.2) is 42.6 Å². The van der Waals surface area contributed by atoms with Gasteiger partial charge in [-0.05, 0) is 55.8 Å². The molecule has 2 aromatic rings. The van der Waals surface area contributed by atoms with Crippen LogP contribution in [0, 0.1) is 0 Å². The molecule has 0 bridgehead atoms. The Morgan fingerprint density at radius 3 is 2.79 bits per heavy atom. The number of phenolic OH excluding ortho intramolecular Hbond substituents is 1. The zero-order valence-electron chi connectivity index (χ0n) is 14.1. The SMILES string of the molecule is CCN1CCC[C@@H]1CN(Cc1ccc(O)cc1)C(=O)c1ccc[nH]1. The molecule has 1 aliphatic heterocycles. The Bertz CT molecular complexity index is 652. The second-order valence-electron chi connectivity index (χ2n) is 6.36. The molecule has 1 aliphatic rings. The van der Waals surface area contributed by atoms with E-state index in [1.807, 2.05) is 29.2 Å². The highest BCUT2D eigenvalue weighted by atomic mass is 16.3. The number of rotatable bonds is 6. The third-order valence-electron chi connectivity index (χ3n) is 4.76. The van der Waals surface area contributed by atoms with Crippen molar-refractivity contribution in [1.29, 1.82) is 0 Å². The molecule has 1 aromatic heterocycles. The summed E-state index contributed by atoms with van der Waals surface area (Å²) in [6, 6.07) is 11.2. The molecule has 2 N–H and O–H groups in total. The maximum atomic E-state index is 12.9. The normalized spacial score (nSPS) is 18.0. The van der Waals surface area contributed by atoms with Gasteiger partial charge in [0.05, 0.1) is 0 Å². The lowest BCUT2D eigenvalue weighted by Gasteiger charge is -2.30. The Balaban J connectivity index is 1.77. The van der Waals surface area contributed by atoms with Crippen molar-refractivity contribution in [3.63, 3.8) is 0 Å². The maximum absolute atomic E-state index is 12.9. The molecule has 0 spiro atoms. The van der Waals surface area contributed by atoms with E-state index >= 15 is 0 Å². The molecule has 1 atom stereocenters. The number of aromatic nitrogens is 1. The Kier molecular flexibility index (Phi) is 5.20. The molecule has 0 unspecified atom stereocenters. The molecule has 5 heteroatoms. The van der Waals surface area contributed by atoms with Crippen LogP contribution >= 0.6 is 0 Å². The van der Waals surface area contributed by atoms with Gasteiger partial charge in [0.1, 0.15) is 11.4 Å². The number of carbonyl (C=O) groups excluding carboxylic acids is 1. The number of benzene rings is 1. The lowest BCUT2D eigenvalue weighted by atomic mass is 10.1. The van der Waals surface area contributed by atoms with Gasteiger partial charge in [-0.3, -0.25) is 9.69 Å². The largest absolute Gasteiger partial charge is 0.508 e. The van der Waals surface area contributed by atoms with Crippen LogP contribution in [-0.4, -0.2) is 51.5 Å². The Labute approximate surface area is 142 Å². The molecule has 1 fully saturated rings. The van der Waals surface area contributed by atoms with Gasteiger partial charge in [-0.25, -0.2) is 0 Å². The smallest absolute Gasteiger partial charge is 0.270 e. The third-order valence-corrected chi connectivity index (χ3v) is 4.76. The van der Waals surface area contributed by atoms with Crippen LogP contribution in [0.25, 0.3) is 0 Å². The minimum Gasteiger partial charge on any atom is -0.508 e. The van der Waals surface area contributed by atoms with Crippen molar-refractivity contribution in [3.8, 4) is 5.75 Å². The number of aromatic amines is 1. The molecule has 24 heavy (non-hydrogen) atoms. The van der Waals surface area contributed by atoms with Crippen molar-refractivity contribution >= 4 is 5.91 Å². The number of H-pyrrole nitrogens is 1. The average molecular weight is 327 g/mol. The van der Waals surface area contributed by atoms with Gasteiger partial charge in [-0.1, -0.05) is 19.1 Å². The molecule has 2 heterocycles. The summed E-state index contributed by atoms with van der Waals surface area (Å²) in [6.45, 7) is 5.59. The first-order valence-electron chi connectivity index (χ1n) is 8.62. The van der Waals surface area contributed by atoms with Crippen molar-refractivity contribution in [1.82, 2.24) is 14.8 Å². The second-order valence-corrected chi connectivity index (χ2v) is 6.36. The summed E-state index contributed by atoms with van der Waals surface area (Å²) in [5.74, 6) is 0.268. The zero-order valence-corrected chi connectivity index (χ0v) is 14.1. The summed E-state index contributed by atoms with van der Waals surface area (Å²) in [6.07, 6.45) is 4.11. The summed E-state index contributed by atoms with van der Waals surface area (Å²) in [7, 11) is 0. The molecule has 128 valence electrons. The standard InChI is InChI=1S/C19H25N3O2/c1-2-21-12-4-5-16(21)14-22(19(24)18-6-3-11-20-18)13-15-7-9-17(23)10-8-15/h3,6-11,16,20,23H,2,4-5,12-14H2,1H3/t16-/m1/s1. The molecule has 0 aliphatic carbocycles. The third kappa shape index (κ3) is 3.79.